The van der Waals surface area contributed by atoms with Crippen LogP contribution < -0.4 is 0 Å². The molecule has 1 aromatic heterocycles. The summed E-state index contributed by atoms with van der Waals surface area (Å²) in [5, 5.41) is 9.00. The fourth-order valence-electron chi connectivity index (χ4n) is 3.33. The molecule has 0 N–H and O–H groups in total. The third-order valence-electron chi connectivity index (χ3n) is 4.43. The van der Waals surface area contributed by atoms with Crippen LogP contribution in [-0.4, -0.2) is 9.55 Å². The van der Waals surface area contributed by atoms with Crippen molar-refractivity contribution in [3.63, 3.8) is 0 Å². The molecule has 1 aliphatic rings. The molecule has 0 radical (unpaired) electrons. The minimum Gasteiger partial charge on any atom is -0.326 e. The zero-order valence-electron chi connectivity index (χ0n) is 12.3. The van der Waals surface area contributed by atoms with Crippen LogP contribution in [0.5, 0.6) is 0 Å². The Labute approximate surface area is 130 Å². The van der Waals surface area contributed by atoms with Crippen molar-refractivity contribution in [2.24, 2.45) is 5.92 Å². The average molecular weight is 302 g/mol. The summed E-state index contributed by atoms with van der Waals surface area (Å²) >= 11 is 6.32. The lowest BCUT2D eigenvalue weighted by Crippen LogP contribution is -2.16. The number of alkyl halides is 1. The van der Waals surface area contributed by atoms with Gasteiger partial charge in [0.25, 0.3) is 0 Å². The number of benzene rings is 1. The van der Waals surface area contributed by atoms with Gasteiger partial charge in [-0.15, -0.1) is 11.6 Å². The maximum absolute atomic E-state index is 9.12. The molecule has 1 unspecified atom stereocenters. The van der Waals surface area contributed by atoms with Gasteiger partial charge in [-0.1, -0.05) is 19.3 Å². The maximum Gasteiger partial charge on any atom is 0.127 e. The highest BCUT2D eigenvalue weighted by Gasteiger charge is 2.20. The topological polar surface area (TPSA) is 41.6 Å². The number of rotatable bonds is 3. The van der Waals surface area contributed by atoms with Gasteiger partial charge >= 0.3 is 0 Å². The molecule has 1 heterocycles. The monoisotopic (exact) mass is 301 g/mol. The highest BCUT2D eigenvalue weighted by molar-refractivity contribution is 6.20. The summed E-state index contributed by atoms with van der Waals surface area (Å²) in [6.45, 7) is 2.93. The molecule has 1 atom stereocenters. The molecule has 1 aromatic carbocycles. The summed E-state index contributed by atoms with van der Waals surface area (Å²) in [4.78, 5) is 4.67. The molecule has 4 heteroatoms. The molecule has 1 aliphatic carbocycles. The van der Waals surface area contributed by atoms with Crippen LogP contribution in [0.25, 0.3) is 11.0 Å². The number of hydrogen-bond donors (Lipinski definition) is 0. The van der Waals surface area contributed by atoms with Gasteiger partial charge in [0, 0.05) is 6.54 Å². The van der Waals surface area contributed by atoms with Gasteiger partial charge in [0.2, 0.25) is 0 Å². The predicted molar refractivity (Wildman–Crippen MR) is 85.3 cm³/mol. The van der Waals surface area contributed by atoms with Crippen LogP contribution >= 0.6 is 11.6 Å². The lowest BCUT2D eigenvalue weighted by atomic mass is 9.89. The molecule has 0 bridgehead atoms. The van der Waals surface area contributed by atoms with E-state index in [4.69, 9.17) is 16.9 Å². The summed E-state index contributed by atoms with van der Waals surface area (Å²) in [6.07, 6.45) is 6.58. The number of hydrogen-bond acceptors (Lipinski definition) is 2. The van der Waals surface area contributed by atoms with Crippen molar-refractivity contribution in [2.45, 2.75) is 50.9 Å². The second-order valence-corrected chi connectivity index (χ2v) is 6.67. The predicted octanol–water partition coefficient (Wildman–Crippen LogP) is 4.79. The van der Waals surface area contributed by atoms with Crippen LogP contribution in [-0.2, 0) is 6.54 Å². The van der Waals surface area contributed by atoms with E-state index in [2.05, 4.69) is 15.6 Å². The van der Waals surface area contributed by atoms with Gasteiger partial charge < -0.3 is 4.57 Å². The lowest BCUT2D eigenvalue weighted by molar-refractivity contribution is 0.319. The largest absolute Gasteiger partial charge is 0.326 e. The molecular weight excluding hydrogens is 282 g/mol. The van der Waals surface area contributed by atoms with Gasteiger partial charge in [-0.2, -0.15) is 5.26 Å². The molecule has 3 nitrogen and oxygen atoms in total. The molecule has 0 amide bonds. The van der Waals surface area contributed by atoms with Crippen LogP contribution in [0.15, 0.2) is 18.2 Å². The number of imidazole rings is 1. The van der Waals surface area contributed by atoms with E-state index in [1.54, 1.807) is 0 Å². The normalized spacial score (nSPS) is 17.8. The Morgan fingerprint density at radius 3 is 2.81 bits per heavy atom. The van der Waals surface area contributed by atoms with Gasteiger partial charge in [0.15, 0.2) is 0 Å². The van der Waals surface area contributed by atoms with E-state index in [-0.39, 0.29) is 5.38 Å². The Hall–Kier alpha value is -1.53. The molecule has 0 aliphatic heterocycles. The fraction of sp³-hybridized carbons (Fsp3) is 0.529. The van der Waals surface area contributed by atoms with E-state index in [1.165, 1.54) is 32.1 Å². The van der Waals surface area contributed by atoms with Gasteiger partial charge in [-0.05, 0) is 43.9 Å². The van der Waals surface area contributed by atoms with Crippen molar-refractivity contribution in [1.82, 2.24) is 9.55 Å². The second-order valence-electron chi connectivity index (χ2n) is 6.02. The first kappa shape index (κ1) is 14.4. The van der Waals surface area contributed by atoms with Gasteiger partial charge in [0.1, 0.15) is 5.82 Å². The molecule has 1 fully saturated rings. The minimum absolute atomic E-state index is 0.119. The second kappa shape index (κ2) is 6.07. The van der Waals surface area contributed by atoms with Crippen LogP contribution in [0.1, 0.15) is 55.8 Å². The van der Waals surface area contributed by atoms with Gasteiger partial charge in [-0.3, -0.25) is 0 Å². The summed E-state index contributed by atoms with van der Waals surface area (Å²) in [7, 11) is 0. The van der Waals surface area contributed by atoms with E-state index in [1.807, 2.05) is 25.1 Å². The quantitative estimate of drug-likeness (QED) is 0.765. The number of halogens is 1. The van der Waals surface area contributed by atoms with Crippen LogP contribution in [0.3, 0.4) is 0 Å². The molecule has 0 spiro atoms. The van der Waals surface area contributed by atoms with Crippen molar-refractivity contribution in [3.8, 4) is 6.07 Å². The zero-order valence-corrected chi connectivity index (χ0v) is 13.1. The zero-order chi connectivity index (χ0) is 14.8. The lowest BCUT2D eigenvalue weighted by Gasteiger charge is -2.23. The molecule has 2 aromatic rings. The fourth-order valence-corrected chi connectivity index (χ4v) is 3.50. The summed E-state index contributed by atoms with van der Waals surface area (Å²) < 4.78 is 2.24. The Kier molecular flexibility index (Phi) is 4.17. The highest BCUT2D eigenvalue weighted by atomic mass is 35.5. The smallest absolute Gasteiger partial charge is 0.127 e. The van der Waals surface area contributed by atoms with E-state index in [0.717, 1.165) is 23.4 Å². The van der Waals surface area contributed by atoms with Crippen molar-refractivity contribution in [3.05, 3.63) is 29.6 Å². The van der Waals surface area contributed by atoms with Crippen LogP contribution in [0.4, 0.5) is 0 Å². The highest BCUT2D eigenvalue weighted by Crippen LogP contribution is 2.30. The Morgan fingerprint density at radius 1 is 1.38 bits per heavy atom. The van der Waals surface area contributed by atoms with E-state index < -0.39 is 0 Å². The molecule has 110 valence electrons. The van der Waals surface area contributed by atoms with E-state index >= 15 is 0 Å². The van der Waals surface area contributed by atoms with E-state index in [9.17, 15) is 0 Å². The molecule has 1 saturated carbocycles. The number of nitrogens with zero attached hydrogens (tertiary/aromatic N) is 3. The van der Waals surface area contributed by atoms with E-state index in [0.29, 0.717) is 11.5 Å². The van der Waals surface area contributed by atoms with Gasteiger partial charge in [0.05, 0.1) is 28.0 Å². The summed E-state index contributed by atoms with van der Waals surface area (Å²) in [6, 6.07) is 7.90. The number of nitriles is 1. The Bertz CT molecular complexity index is 675. The molecule has 3 rings (SSSR count). The van der Waals surface area contributed by atoms with Crippen LogP contribution in [0.2, 0.25) is 0 Å². The first-order valence-corrected chi connectivity index (χ1v) is 8.17. The standard InChI is InChI=1S/C17H20ClN3/c1-12(18)17-20-15-8-7-14(10-19)9-16(15)21(17)11-13-5-3-2-4-6-13/h7-9,12-13H,2-6,11H2,1H3. The van der Waals surface area contributed by atoms with Crippen molar-refractivity contribution in [1.29, 1.82) is 5.26 Å². The SMILES string of the molecule is CC(Cl)c1nc2ccc(C#N)cc2n1CC1CCCCC1. The third-order valence-corrected chi connectivity index (χ3v) is 4.62. The number of aromatic nitrogens is 2. The maximum atomic E-state index is 9.12. The van der Waals surface area contributed by atoms with Crippen LogP contribution in [0, 0.1) is 17.2 Å². The molecule has 21 heavy (non-hydrogen) atoms. The Balaban J connectivity index is 2.03. The van der Waals surface area contributed by atoms with Crippen molar-refractivity contribution in [2.75, 3.05) is 0 Å². The molecule has 0 saturated heterocycles. The first-order chi connectivity index (χ1) is 10.2. The first-order valence-electron chi connectivity index (χ1n) is 7.73. The Morgan fingerprint density at radius 2 is 2.14 bits per heavy atom. The van der Waals surface area contributed by atoms with Gasteiger partial charge in [-0.25, -0.2) is 4.98 Å². The third kappa shape index (κ3) is 2.91. The molecular formula is C17H20ClN3. The summed E-state index contributed by atoms with van der Waals surface area (Å²) in [5.41, 5.74) is 2.66. The summed E-state index contributed by atoms with van der Waals surface area (Å²) in [5.74, 6) is 1.63. The van der Waals surface area contributed by atoms with Crippen molar-refractivity contribution >= 4 is 22.6 Å². The van der Waals surface area contributed by atoms with Crippen molar-refractivity contribution < 1.29 is 0 Å². The average Bonchev–Trinajstić information content (AvgIpc) is 2.86. The number of fused-ring (bicyclic) bond motifs is 1. The minimum atomic E-state index is -0.119.